The quantitative estimate of drug-likeness (QED) is 0.891. The van der Waals surface area contributed by atoms with Gasteiger partial charge in [-0.3, -0.25) is 4.79 Å². The van der Waals surface area contributed by atoms with E-state index in [1.807, 2.05) is 55.5 Å². The van der Waals surface area contributed by atoms with E-state index in [4.69, 9.17) is 4.74 Å². The van der Waals surface area contributed by atoms with Gasteiger partial charge in [-0.25, -0.2) is 0 Å². The van der Waals surface area contributed by atoms with Crippen LogP contribution in [0.3, 0.4) is 0 Å². The summed E-state index contributed by atoms with van der Waals surface area (Å²) in [6.45, 7) is 2.13. The molecule has 2 aromatic carbocycles. The summed E-state index contributed by atoms with van der Waals surface area (Å²) in [5, 5.41) is 13.5. The minimum absolute atomic E-state index is 0.0544. The standard InChI is InChI=1S/C19H21NO3/c1-14-5-4-7-16(11-14)23-12-18(21)20-13-19(22)10-9-15-6-2-3-8-17(15)19/h2-8,11,22H,9-10,12-13H2,1H3,(H,20,21). The summed E-state index contributed by atoms with van der Waals surface area (Å²) in [5.41, 5.74) is 2.18. The summed E-state index contributed by atoms with van der Waals surface area (Å²) >= 11 is 0. The lowest BCUT2D eigenvalue weighted by Crippen LogP contribution is -2.41. The van der Waals surface area contributed by atoms with Crippen LogP contribution in [0.5, 0.6) is 5.75 Å². The Labute approximate surface area is 136 Å². The van der Waals surface area contributed by atoms with Gasteiger partial charge in [0.25, 0.3) is 5.91 Å². The normalized spacial score (nSPS) is 19.2. The summed E-state index contributed by atoms with van der Waals surface area (Å²) in [6, 6.07) is 15.4. The van der Waals surface area contributed by atoms with Crippen molar-refractivity contribution in [2.45, 2.75) is 25.4 Å². The highest BCUT2D eigenvalue weighted by Gasteiger charge is 2.36. The van der Waals surface area contributed by atoms with Crippen molar-refractivity contribution in [2.75, 3.05) is 13.2 Å². The first kappa shape index (κ1) is 15.6. The lowest BCUT2D eigenvalue weighted by atomic mass is 9.96. The number of ether oxygens (including phenoxy) is 1. The van der Waals surface area contributed by atoms with Crippen LogP contribution in [0.15, 0.2) is 48.5 Å². The molecule has 120 valence electrons. The number of hydrogen-bond acceptors (Lipinski definition) is 3. The van der Waals surface area contributed by atoms with Crippen molar-refractivity contribution in [3.63, 3.8) is 0 Å². The maximum absolute atomic E-state index is 12.0. The second-order valence-corrected chi connectivity index (χ2v) is 6.07. The lowest BCUT2D eigenvalue weighted by Gasteiger charge is -2.24. The van der Waals surface area contributed by atoms with Gasteiger partial charge in [-0.1, -0.05) is 36.4 Å². The molecule has 3 rings (SSSR count). The number of amides is 1. The summed E-state index contributed by atoms with van der Waals surface area (Å²) in [5.74, 6) is 0.439. The van der Waals surface area contributed by atoms with Gasteiger partial charge in [0.15, 0.2) is 6.61 Å². The number of aliphatic hydroxyl groups is 1. The maximum Gasteiger partial charge on any atom is 0.258 e. The van der Waals surface area contributed by atoms with E-state index in [-0.39, 0.29) is 19.1 Å². The lowest BCUT2D eigenvalue weighted by molar-refractivity contribution is -0.124. The molecule has 0 bridgehead atoms. The smallest absolute Gasteiger partial charge is 0.258 e. The molecule has 23 heavy (non-hydrogen) atoms. The van der Waals surface area contributed by atoms with Crippen molar-refractivity contribution in [1.82, 2.24) is 5.32 Å². The van der Waals surface area contributed by atoms with Crippen LogP contribution in [0.2, 0.25) is 0 Å². The Kier molecular flexibility index (Phi) is 4.35. The molecule has 1 aliphatic rings. The molecule has 0 saturated heterocycles. The van der Waals surface area contributed by atoms with E-state index < -0.39 is 5.60 Å². The fourth-order valence-electron chi connectivity index (χ4n) is 3.00. The van der Waals surface area contributed by atoms with Gasteiger partial charge in [-0.15, -0.1) is 0 Å². The number of carbonyl (C=O) groups excluding carboxylic acids is 1. The molecule has 0 radical (unpaired) electrons. The van der Waals surface area contributed by atoms with Crippen molar-refractivity contribution in [2.24, 2.45) is 0 Å². The topological polar surface area (TPSA) is 58.6 Å². The van der Waals surface area contributed by atoms with E-state index >= 15 is 0 Å². The van der Waals surface area contributed by atoms with E-state index in [1.54, 1.807) is 0 Å². The van der Waals surface area contributed by atoms with Crippen LogP contribution in [-0.4, -0.2) is 24.2 Å². The molecule has 1 atom stereocenters. The van der Waals surface area contributed by atoms with E-state index in [0.29, 0.717) is 12.2 Å². The van der Waals surface area contributed by atoms with Crippen LogP contribution in [0.1, 0.15) is 23.1 Å². The third-order valence-corrected chi connectivity index (χ3v) is 4.26. The summed E-state index contributed by atoms with van der Waals surface area (Å²) in [7, 11) is 0. The molecule has 2 N–H and O–H groups in total. The zero-order valence-electron chi connectivity index (χ0n) is 13.2. The average molecular weight is 311 g/mol. The average Bonchev–Trinajstić information content (AvgIpc) is 2.89. The Morgan fingerprint density at radius 1 is 1.26 bits per heavy atom. The molecule has 4 nitrogen and oxygen atoms in total. The van der Waals surface area contributed by atoms with Gasteiger partial charge in [-0.05, 0) is 48.6 Å². The molecule has 0 fully saturated rings. The molecule has 0 aromatic heterocycles. The molecule has 0 saturated carbocycles. The highest BCUT2D eigenvalue weighted by molar-refractivity contribution is 5.77. The monoisotopic (exact) mass is 311 g/mol. The number of benzene rings is 2. The molecule has 2 aromatic rings. The Hall–Kier alpha value is -2.33. The van der Waals surface area contributed by atoms with Gasteiger partial charge in [0.1, 0.15) is 11.4 Å². The third-order valence-electron chi connectivity index (χ3n) is 4.26. The van der Waals surface area contributed by atoms with Gasteiger partial charge >= 0.3 is 0 Å². The minimum atomic E-state index is -0.977. The Balaban J connectivity index is 1.53. The number of aryl methyl sites for hydroxylation is 2. The van der Waals surface area contributed by atoms with Crippen LogP contribution >= 0.6 is 0 Å². The first-order valence-corrected chi connectivity index (χ1v) is 7.84. The second kappa shape index (κ2) is 6.42. The predicted octanol–water partition coefficient (Wildman–Crippen LogP) is 2.32. The SMILES string of the molecule is Cc1cccc(OCC(=O)NCC2(O)CCc3ccccc32)c1. The maximum atomic E-state index is 12.0. The number of nitrogens with one attached hydrogen (secondary N) is 1. The van der Waals surface area contributed by atoms with Crippen molar-refractivity contribution in [3.05, 3.63) is 65.2 Å². The van der Waals surface area contributed by atoms with Crippen LogP contribution in [0.25, 0.3) is 0 Å². The van der Waals surface area contributed by atoms with Crippen LogP contribution < -0.4 is 10.1 Å². The summed E-state index contributed by atoms with van der Waals surface area (Å²) < 4.78 is 5.47. The zero-order chi connectivity index (χ0) is 16.3. The summed E-state index contributed by atoms with van der Waals surface area (Å²) in [6.07, 6.45) is 1.47. The van der Waals surface area contributed by atoms with Crippen molar-refractivity contribution >= 4 is 5.91 Å². The molecule has 1 unspecified atom stereocenters. The predicted molar refractivity (Wildman–Crippen MR) is 88.3 cm³/mol. The molecule has 0 spiro atoms. The minimum Gasteiger partial charge on any atom is -0.484 e. The third kappa shape index (κ3) is 3.54. The first-order valence-electron chi connectivity index (χ1n) is 7.84. The second-order valence-electron chi connectivity index (χ2n) is 6.07. The molecule has 4 heteroatoms. The summed E-state index contributed by atoms with van der Waals surface area (Å²) in [4.78, 5) is 12.0. The molecule has 0 heterocycles. The van der Waals surface area contributed by atoms with E-state index in [2.05, 4.69) is 5.32 Å². The van der Waals surface area contributed by atoms with Crippen LogP contribution in [0, 0.1) is 6.92 Å². The van der Waals surface area contributed by atoms with Gasteiger partial charge in [0.2, 0.25) is 0 Å². The van der Waals surface area contributed by atoms with E-state index in [9.17, 15) is 9.90 Å². The van der Waals surface area contributed by atoms with Crippen LogP contribution in [-0.2, 0) is 16.8 Å². The number of hydrogen-bond donors (Lipinski definition) is 2. The number of fused-ring (bicyclic) bond motifs is 1. The fraction of sp³-hybridized carbons (Fsp3) is 0.316. The fourth-order valence-corrected chi connectivity index (χ4v) is 3.00. The molecule has 1 amide bonds. The zero-order valence-corrected chi connectivity index (χ0v) is 13.2. The highest BCUT2D eigenvalue weighted by atomic mass is 16.5. The first-order chi connectivity index (χ1) is 11.1. The number of rotatable bonds is 5. The van der Waals surface area contributed by atoms with Gasteiger partial charge in [0.05, 0.1) is 6.54 Å². The van der Waals surface area contributed by atoms with E-state index in [1.165, 1.54) is 0 Å². The van der Waals surface area contributed by atoms with Crippen molar-refractivity contribution in [1.29, 1.82) is 0 Å². The largest absolute Gasteiger partial charge is 0.484 e. The Morgan fingerprint density at radius 2 is 2.09 bits per heavy atom. The van der Waals surface area contributed by atoms with E-state index in [0.717, 1.165) is 23.1 Å². The Bertz CT molecular complexity index is 713. The Morgan fingerprint density at radius 3 is 2.91 bits per heavy atom. The number of carbonyl (C=O) groups is 1. The molecular weight excluding hydrogens is 290 g/mol. The van der Waals surface area contributed by atoms with Crippen molar-refractivity contribution < 1.29 is 14.6 Å². The molecular formula is C19H21NO3. The van der Waals surface area contributed by atoms with Gasteiger partial charge < -0.3 is 15.2 Å². The van der Waals surface area contributed by atoms with Crippen LogP contribution in [0.4, 0.5) is 0 Å². The van der Waals surface area contributed by atoms with Gasteiger partial charge in [-0.2, -0.15) is 0 Å². The molecule has 1 aliphatic carbocycles. The molecule has 0 aliphatic heterocycles. The van der Waals surface area contributed by atoms with Crippen molar-refractivity contribution in [3.8, 4) is 5.75 Å². The highest BCUT2D eigenvalue weighted by Crippen LogP contribution is 2.36. The van der Waals surface area contributed by atoms with Gasteiger partial charge in [0, 0.05) is 0 Å².